The third-order valence-electron chi connectivity index (χ3n) is 19.1. The molecule has 0 saturated carbocycles. The monoisotopic (exact) mass is 1280 g/mol. The minimum Gasteiger partial charge on any atom is -0.469 e. The fourth-order valence-corrected chi connectivity index (χ4v) is 14.0. The van der Waals surface area contributed by atoms with E-state index in [1.54, 1.807) is 20.8 Å². The molecule has 8 bridgehead atoms. The molecule has 0 aromatic heterocycles. The summed E-state index contributed by atoms with van der Waals surface area (Å²) in [4.78, 5) is 132. The Balaban J connectivity index is 1.92. The first-order chi connectivity index (χ1) is 42.8. The van der Waals surface area contributed by atoms with E-state index in [0.717, 1.165) is 0 Å². The van der Waals surface area contributed by atoms with Gasteiger partial charge in [-0.2, -0.15) is 0 Å². The molecule has 5 aliphatic heterocycles. The number of azide groups is 1. The lowest BCUT2D eigenvalue weighted by atomic mass is 9.56. The Hall–Kier alpha value is -7.22. The fraction of sp³-hybridized carbons (Fsp3) is 0.734. The number of methoxy groups -OCH3 is 6. The summed E-state index contributed by atoms with van der Waals surface area (Å²) in [5, 5.41) is 13.4. The second-order valence-corrected chi connectivity index (χ2v) is 26.1. The zero-order valence-corrected chi connectivity index (χ0v) is 56.4. The van der Waals surface area contributed by atoms with Crippen LogP contribution < -0.4 is 16.0 Å². The van der Waals surface area contributed by atoms with Crippen LogP contribution in [-0.2, 0) is 80.9 Å². The van der Waals surface area contributed by atoms with Gasteiger partial charge in [-0.3, -0.25) is 53.9 Å². The topological polar surface area (TPSA) is 351 Å². The molecule has 2 amide bonds. The summed E-state index contributed by atoms with van der Waals surface area (Å²) < 4.78 is 54.8. The average Bonchev–Trinajstić information content (AvgIpc) is 1.53. The van der Waals surface area contributed by atoms with Crippen LogP contribution in [0, 0.1) is 45.3 Å². The van der Waals surface area contributed by atoms with Gasteiger partial charge in [0.2, 0.25) is 5.91 Å². The van der Waals surface area contributed by atoms with E-state index in [0.29, 0.717) is 52.9 Å². The lowest BCUT2D eigenvalue weighted by Gasteiger charge is -2.48. The summed E-state index contributed by atoms with van der Waals surface area (Å²) >= 11 is 0. The van der Waals surface area contributed by atoms with E-state index in [1.807, 2.05) is 55.4 Å². The van der Waals surface area contributed by atoms with Crippen molar-refractivity contribution in [1.82, 2.24) is 16.0 Å². The zero-order valence-electron chi connectivity index (χ0n) is 56.4. The SMILES string of the molecule is COC(=O)CC[C@@H]1/C2=C(\C)C3=NC([C@H](CC(=O)OC)[C@@]3(C)CCC(=O)OC)[C@]3(C)N/C(=C(/C)C4=NC(=C(NC(=O)OC(C)(C)C)C(=N2)C1(C)C)[C@@H](CCC(=O)NCCOCCOCCOCCN=[N+]=[N-])[C@]4(C)CC(=O)OC)[C@@H](CCC(=O)OC)[C@]3(C)CC(=O)OC. The third kappa shape index (κ3) is 17.1. The second kappa shape index (κ2) is 31.9. The van der Waals surface area contributed by atoms with Gasteiger partial charge in [-0.05, 0) is 83.9 Å². The number of aliphatic imine (C=N–C) groups is 3. The van der Waals surface area contributed by atoms with Gasteiger partial charge >= 0.3 is 41.9 Å². The van der Waals surface area contributed by atoms with E-state index in [2.05, 4.69) is 26.0 Å². The summed E-state index contributed by atoms with van der Waals surface area (Å²) in [7, 11) is 7.69. The van der Waals surface area contributed by atoms with Crippen LogP contribution in [0.3, 0.4) is 0 Å². The lowest BCUT2D eigenvalue weighted by Crippen LogP contribution is -2.60. The number of alkyl carbamates (subject to hydrolysis) is 1. The van der Waals surface area contributed by atoms with Gasteiger partial charge in [0.05, 0.1) is 136 Å². The summed E-state index contributed by atoms with van der Waals surface area (Å²) in [6.07, 6.45) is -1.76. The maximum Gasteiger partial charge on any atom is 0.412 e. The van der Waals surface area contributed by atoms with E-state index >= 15 is 0 Å². The predicted octanol–water partition coefficient (Wildman–Crippen LogP) is 7.69. The molecule has 5 aliphatic rings. The highest BCUT2D eigenvalue weighted by Crippen LogP contribution is 2.62. The standard InChI is InChI=1S/C64H97N9O18/c1-37-50-39(19-22-44(75)82-12)60(6,7)57(68-50)53(70-58(81)91-59(3,4)5)52-40(18-21-43(74)66-26-28-88-30-32-90-33-31-89-29-27-67-73-65)62(9,35-48(79)86-16)55(69-52)38(2)51-41(20-23-45(76)83-13)63(10,36-49(80)87-17)64(11,72-51)56-42(34-47(78)85-15)61(8,54(37)71-56)25-24-46(77)84-14/h39-42,56,72H,18-36H2,1-17H3,(H,66,74)(H,70,81)/b50-37-,51-38-,53-52?/t39-,40-,41-,42+,56?,61-,62+,63+,64+/m1/s1. The first kappa shape index (κ1) is 74.5. The minimum atomic E-state index is -1.40. The van der Waals surface area contributed by atoms with Crippen LogP contribution in [0.15, 0.2) is 54.0 Å². The molecular weight excluding hydrogens is 1180 g/mol. The number of rotatable bonds is 31. The van der Waals surface area contributed by atoms with Crippen molar-refractivity contribution in [2.45, 2.75) is 164 Å². The molecule has 1 unspecified atom stereocenters. The van der Waals surface area contributed by atoms with Crippen molar-refractivity contribution in [1.29, 1.82) is 0 Å². The molecule has 3 N–H and O–H groups in total. The molecule has 1 saturated heterocycles. The summed E-state index contributed by atoms with van der Waals surface area (Å²) in [6.45, 7) is 22.2. The van der Waals surface area contributed by atoms with Crippen molar-refractivity contribution in [3.05, 3.63) is 44.4 Å². The summed E-state index contributed by atoms with van der Waals surface area (Å²) in [6, 6.07) is -0.958. The number of amides is 2. The van der Waals surface area contributed by atoms with Crippen LogP contribution in [0.5, 0.6) is 0 Å². The van der Waals surface area contributed by atoms with Gasteiger partial charge in [0, 0.05) is 106 Å². The maximum atomic E-state index is 14.7. The molecule has 9 atom stereocenters. The average molecular weight is 1280 g/mol. The number of carbonyl (C=O) groups is 8. The molecular formula is C64H97N9O18. The highest BCUT2D eigenvalue weighted by Gasteiger charge is 2.67. The number of fused-ring (bicyclic) bond motifs is 6. The van der Waals surface area contributed by atoms with Gasteiger partial charge < -0.3 is 58.0 Å². The van der Waals surface area contributed by atoms with E-state index in [1.165, 1.54) is 42.7 Å². The number of nitrogens with zero attached hydrogens (tertiary/aromatic N) is 6. The van der Waals surface area contributed by atoms with E-state index < -0.39 is 104 Å². The van der Waals surface area contributed by atoms with Crippen molar-refractivity contribution in [2.24, 2.45) is 65.4 Å². The zero-order chi connectivity index (χ0) is 67.9. The molecule has 0 spiro atoms. The number of ether oxygens (including phenoxy) is 10. The second-order valence-electron chi connectivity index (χ2n) is 26.1. The van der Waals surface area contributed by atoms with Crippen molar-refractivity contribution in [2.75, 3.05) is 95.4 Å². The molecule has 0 aliphatic carbocycles. The normalized spacial score (nSPS) is 28.0. The maximum absolute atomic E-state index is 14.7. The number of hydrogen-bond donors (Lipinski definition) is 3. The van der Waals surface area contributed by atoms with Crippen molar-refractivity contribution >= 4 is 65.0 Å². The molecule has 506 valence electrons. The van der Waals surface area contributed by atoms with Crippen molar-refractivity contribution in [3.8, 4) is 0 Å². The van der Waals surface area contributed by atoms with Gasteiger partial charge in [0.25, 0.3) is 0 Å². The number of allylic oxidation sites excluding steroid dienone is 6. The van der Waals surface area contributed by atoms with Crippen LogP contribution >= 0.6 is 0 Å². The van der Waals surface area contributed by atoms with Crippen LogP contribution in [0.1, 0.15) is 147 Å². The van der Waals surface area contributed by atoms with Crippen molar-refractivity contribution in [3.63, 3.8) is 0 Å². The highest BCUT2D eigenvalue weighted by atomic mass is 16.6. The Bertz CT molecular complexity index is 2990. The lowest BCUT2D eigenvalue weighted by molar-refractivity contribution is -0.147. The van der Waals surface area contributed by atoms with E-state index in [-0.39, 0.29) is 127 Å². The van der Waals surface area contributed by atoms with Crippen molar-refractivity contribution < 1.29 is 85.7 Å². The largest absolute Gasteiger partial charge is 0.469 e. The van der Waals surface area contributed by atoms with Gasteiger partial charge in [-0.1, -0.05) is 39.7 Å². The van der Waals surface area contributed by atoms with Gasteiger partial charge in [-0.25, -0.2) is 4.79 Å². The third-order valence-corrected chi connectivity index (χ3v) is 19.1. The molecule has 27 heteroatoms. The molecule has 0 aromatic rings. The molecule has 1 fully saturated rings. The van der Waals surface area contributed by atoms with E-state index in [9.17, 15) is 38.4 Å². The molecule has 91 heavy (non-hydrogen) atoms. The Morgan fingerprint density at radius 2 is 1.13 bits per heavy atom. The van der Waals surface area contributed by atoms with Gasteiger partial charge in [-0.15, -0.1) is 0 Å². The quantitative estimate of drug-likeness (QED) is 0.0149. The number of esters is 6. The Morgan fingerprint density at radius 1 is 0.604 bits per heavy atom. The fourth-order valence-electron chi connectivity index (χ4n) is 14.0. The molecule has 0 radical (unpaired) electrons. The van der Waals surface area contributed by atoms with Gasteiger partial charge in [0.1, 0.15) is 5.60 Å². The van der Waals surface area contributed by atoms with E-state index in [4.69, 9.17) is 67.9 Å². The highest BCUT2D eigenvalue weighted by molar-refractivity contribution is 6.14. The van der Waals surface area contributed by atoms with Gasteiger partial charge in [0.15, 0.2) is 0 Å². The first-order valence-electron chi connectivity index (χ1n) is 31.0. The predicted molar refractivity (Wildman–Crippen MR) is 334 cm³/mol. The molecule has 5 heterocycles. The van der Waals surface area contributed by atoms with Crippen LogP contribution in [0.25, 0.3) is 10.4 Å². The Morgan fingerprint density at radius 3 is 1.70 bits per heavy atom. The number of carbonyl (C=O) groups excluding carboxylic acids is 8. The first-order valence-corrected chi connectivity index (χ1v) is 31.0. The smallest absolute Gasteiger partial charge is 0.412 e. The number of nitrogens with one attached hydrogen (secondary N) is 3. The summed E-state index contributed by atoms with van der Waals surface area (Å²) in [5.74, 6) is -6.87. The van der Waals surface area contributed by atoms with Crippen LogP contribution in [0.2, 0.25) is 0 Å². The molecule has 0 aromatic carbocycles. The molecule has 5 rings (SSSR count). The number of hydrogen-bond acceptors (Lipinski definition) is 23. The van der Waals surface area contributed by atoms with Crippen LogP contribution in [0.4, 0.5) is 4.79 Å². The molecule has 27 nitrogen and oxygen atoms in total. The summed E-state index contributed by atoms with van der Waals surface area (Å²) in [5.41, 5.74) is 4.46. The Kier molecular flexibility index (Phi) is 26.1. The minimum absolute atomic E-state index is 0.0220. The Labute approximate surface area is 534 Å². The van der Waals surface area contributed by atoms with Crippen LogP contribution in [-0.4, -0.2) is 178 Å².